The second kappa shape index (κ2) is 6.64. The molecule has 2 bridgehead atoms. The fourth-order valence-corrected chi connectivity index (χ4v) is 4.50. The molecule has 3 heterocycles. The van der Waals surface area contributed by atoms with Gasteiger partial charge in [-0.25, -0.2) is 4.39 Å². The van der Waals surface area contributed by atoms with Crippen molar-refractivity contribution in [1.29, 1.82) is 0 Å². The lowest BCUT2D eigenvalue weighted by atomic mass is 9.83. The summed E-state index contributed by atoms with van der Waals surface area (Å²) in [5.41, 5.74) is 0.406. The molecule has 5 heteroatoms. The molecule has 1 aliphatic carbocycles. The summed E-state index contributed by atoms with van der Waals surface area (Å²) in [5, 5.41) is 0.0640. The molecule has 1 aromatic carbocycles. The first-order chi connectivity index (χ1) is 11.6. The number of piperidine rings is 1. The van der Waals surface area contributed by atoms with E-state index < -0.39 is 5.82 Å². The maximum absolute atomic E-state index is 13.7. The summed E-state index contributed by atoms with van der Waals surface area (Å²) < 4.78 is 13.7. The standard InChI is InChI=1S/C19H24ClFN2O/c20-17-7-5-15(8-18(17)21)19(24)23-11-14-4-6-16(12-23)22(10-14)9-13-2-1-3-13/h5,7-8,13-14,16H,1-4,6,9-12H2/t14-,16-/m1/s1. The summed E-state index contributed by atoms with van der Waals surface area (Å²) in [6.45, 7) is 3.87. The quantitative estimate of drug-likeness (QED) is 0.827. The Bertz CT molecular complexity index is 634. The van der Waals surface area contributed by atoms with E-state index in [1.165, 1.54) is 50.8 Å². The van der Waals surface area contributed by atoms with E-state index in [9.17, 15) is 9.18 Å². The van der Waals surface area contributed by atoms with Crippen LogP contribution in [-0.4, -0.2) is 47.9 Å². The number of carbonyl (C=O) groups excluding carboxylic acids is 1. The van der Waals surface area contributed by atoms with Crippen molar-refractivity contribution in [2.75, 3.05) is 26.2 Å². The predicted octanol–water partition coefficient (Wildman–Crippen LogP) is 3.82. The van der Waals surface area contributed by atoms with Crippen LogP contribution in [0.3, 0.4) is 0 Å². The molecule has 0 spiro atoms. The second-order valence-electron chi connectivity index (χ2n) is 7.69. The van der Waals surface area contributed by atoms with Gasteiger partial charge in [-0.2, -0.15) is 0 Å². The minimum Gasteiger partial charge on any atom is -0.337 e. The van der Waals surface area contributed by atoms with Crippen molar-refractivity contribution in [2.45, 2.75) is 38.1 Å². The van der Waals surface area contributed by atoms with Crippen molar-refractivity contribution in [1.82, 2.24) is 9.80 Å². The molecule has 5 rings (SSSR count). The zero-order valence-corrected chi connectivity index (χ0v) is 14.6. The van der Waals surface area contributed by atoms with Gasteiger partial charge in [0.15, 0.2) is 0 Å². The Kier molecular flexibility index (Phi) is 4.52. The van der Waals surface area contributed by atoms with Gasteiger partial charge in [0.1, 0.15) is 5.82 Å². The summed E-state index contributed by atoms with van der Waals surface area (Å²) in [4.78, 5) is 17.4. The highest BCUT2D eigenvalue weighted by molar-refractivity contribution is 6.30. The first kappa shape index (κ1) is 16.3. The summed E-state index contributed by atoms with van der Waals surface area (Å²) >= 11 is 5.73. The third-order valence-electron chi connectivity index (χ3n) is 6.00. The van der Waals surface area contributed by atoms with Gasteiger partial charge in [-0.15, -0.1) is 0 Å². The topological polar surface area (TPSA) is 23.6 Å². The van der Waals surface area contributed by atoms with Crippen LogP contribution < -0.4 is 0 Å². The molecule has 3 saturated heterocycles. The number of hydrogen-bond acceptors (Lipinski definition) is 2. The predicted molar refractivity (Wildman–Crippen MR) is 92.7 cm³/mol. The highest BCUT2D eigenvalue weighted by atomic mass is 35.5. The highest BCUT2D eigenvalue weighted by Crippen LogP contribution is 2.33. The molecule has 4 aliphatic rings. The number of carbonyl (C=O) groups is 1. The van der Waals surface area contributed by atoms with Crippen LogP contribution in [0, 0.1) is 17.7 Å². The van der Waals surface area contributed by atoms with Crippen LogP contribution in [0.2, 0.25) is 5.02 Å². The number of amides is 1. The first-order valence-corrected chi connectivity index (χ1v) is 9.46. The normalized spacial score (nSPS) is 27.8. The van der Waals surface area contributed by atoms with Gasteiger partial charge in [0.2, 0.25) is 0 Å². The summed E-state index contributed by atoms with van der Waals surface area (Å²) in [6, 6.07) is 4.83. The zero-order valence-electron chi connectivity index (χ0n) is 13.9. The molecule has 3 aliphatic heterocycles. The maximum atomic E-state index is 13.7. The second-order valence-corrected chi connectivity index (χ2v) is 8.09. The van der Waals surface area contributed by atoms with Crippen molar-refractivity contribution in [2.24, 2.45) is 11.8 Å². The molecule has 1 aromatic rings. The fraction of sp³-hybridized carbons (Fsp3) is 0.632. The van der Waals surface area contributed by atoms with E-state index in [2.05, 4.69) is 4.90 Å². The summed E-state index contributed by atoms with van der Waals surface area (Å²) in [7, 11) is 0. The lowest BCUT2D eigenvalue weighted by molar-refractivity contribution is 0.0717. The molecule has 130 valence electrons. The molecular weight excluding hydrogens is 327 g/mol. The van der Waals surface area contributed by atoms with Crippen molar-refractivity contribution in [3.8, 4) is 0 Å². The minimum atomic E-state index is -0.521. The van der Waals surface area contributed by atoms with Gasteiger partial charge in [0.05, 0.1) is 5.02 Å². The Labute approximate surface area is 147 Å². The Morgan fingerprint density at radius 1 is 1.17 bits per heavy atom. The summed E-state index contributed by atoms with van der Waals surface area (Å²) in [6.07, 6.45) is 6.47. The van der Waals surface area contributed by atoms with Gasteiger partial charge >= 0.3 is 0 Å². The Morgan fingerprint density at radius 2 is 2.00 bits per heavy atom. The third kappa shape index (κ3) is 3.18. The van der Waals surface area contributed by atoms with Gasteiger partial charge in [0, 0.05) is 37.8 Å². The lowest BCUT2D eigenvalue weighted by Gasteiger charge is -2.40. The van der Waals surface area contributed by atoms with Crippen LogP contribution in [0.5, 0.6) is 0 Å². The fourth-order valence-electron chi connectivity index (χ4n) is 4.39. The van der Waals surface area contributed by atoms with Crippen molar-refractivity contribution >= 4 is 17.5 Å². The molecule has 1 amide bonds. The van der Waals surface area contributed by atoms with Crippen molar-refractivity contribution in [3.05, 3.63) is 34.6 Å². The molecule has 1 saturated carbocycles. The van der Waals surface area contributed by atoms with E-state index in [1.807, 2.05) is 4.90 Å². The van der Waals surface area contributed by atoms with Gasteiger partial charge in [-0.05, 0) is 55.7 Å². The third-order valence-corrected chi connectivity index (χ3v) is 6.30. The van der Waals surface area contributed by atoms with Crippen LogP contribution >= 0.6 is 11.6 Å². The van der Waals surface area contributed by atoms with Crippen LogP contribution in [0.1, 0.15) is 42.5 Å². The van der Waals surface area contributed by atoms with Crippen molar-refractivity contribution in [3.63, 3.8) is 0 Å². The number of hydrogen-bond donors (Lipinski definition) is 0. The van der Waals surface area contributed by atoms with Gasteiger partial charge < -0.3 is 4.90 Å². The number of fused-ring (bicyclic) bond motifs is 4. The Balaban J connectivity index is 1.48. The molecule has 3 nitrogen and oxygen atoms in total. The molecule has 24 heavy (non-hydrogen) atoms. The van der Waals surface area contributed by atoms with E-state index in [0.29, 0.717) is 17.5 Å². The molecular formula is C19H24ClFN2O. The smallest absolute Gasteiger partial charge is 0.254 e. The number of rotatable bonds is 3. The van der Waals surface area contributed by atoms with Crippen molar-refractivity contribution < 1.29 is 9.18 Å². The largest absolute Gasteiger partial charge is 0.337 e. The van der Waals surface area contributed by atoms with E-state index in [1.54, 1.807) is 6.07 Å². The average molecular weight is 351 g/mol. The highest BCUT2D eigenvalue weighted by Gasteiger charge is 2.38. The number of halogens is 2. The number of benzene rings is 1. The molecule has 0 radical (unpaired) electrons. The van der Waals surface area contributed by atoms with E-state index in [-0.39, 0.29) is 10.9 Å². The van der Waals surface area contributed by atoms with Gasteiger partial charge in [-0.1, -0.05) is 18.0 Å². The van der Waals surface area contributed by atoms with Crippen LogP contribution in [-0.2, 0) is 0 Å². The molecule has 0 N–H and O–H groups in total. The SMILES string of the molecule is O=C(c1ccc(Cl)c(F)c1)N1C[C@@H]2CC[C@H](C1)N(CC1CCC1)C2. The molecule has 4 fully saturated rings. The van der Waals surface area contributed by atoms with Crippen LogP contribution in [0.15, 0.2) is 18.2 Å². The molecule has 2 atom stereocenters. The Morgan fingerprint density at radius 3 is 2.71 bits per heavy atom. The minimum absolute atomic E-state index is 0.0621. The molecule has 0 unspecified atom stereocenters. The van der Waals surface area contributed by atoms with Gasteiger partial charge in [-0.3, -0.25) is 9.69 Å². The monoisotopic (exact) mass is 350 g/mol. The van der Waals surface area contributed by atoms with Gasteiger partial charge in [0.25, 0.3) is 5.91 Å². The van der Waals surface area contributed by atoms with E-state index in [0.717, 1.165) is 25.6 Å². The Hall–Kier alpha value is -1.13. The summed E-state index contributed by atoms with van der Waals surface area (Å²) in [5.74, 6) is 0.823. The molecule has 0 aromatic heterocycles. The van der Waals surface area contributed by atoms with Crippen LogP contribution in [0.25, 0.3) is 0 Å². The lowest BCUT2D eigenvalue weighted by Crippen LogP contribution is -2.47. The maximum Gasteiger partial charge on any atom is 0.254 e. The van der Waals surface area contributed by atoms with Crippen LogP contribution in [0.4, 0.5) is 4.39 Å². The van der Waals surface area contributed by atoms with E-state index in [4.69, 9.17) is 11.6 Å². The zero-order chi connectivity index (χ0) is 16.7. The average Bonchev–Trinajstić information content (AvgIpc) is 2.84. The van der Waals surface area contributed by atoms with E-state index >= 15 is 0 Å². The first-order valence-electron chi connectivity index (χ1n) is 9.08. The number of nitrogens with zero attached hydrogens (tertiary/aromatic N) is 2.